The minimum absolute atomic E-state index is 0.00597. The van der Waals surface area contributed by atoms with E-state index in [4.69, 9.17) is 4.42 Å². The van der Waals surface area contributed by atoms with Crippen molar-refractivity contribution in [3.63, 3.8) is 0 Å². The number of amides is 1. The third-order valence-electron chi connectivity index (χ3n) is 4.66. The van der Waals surface area contributed by atoms with E-state index < -0.39 is 0 Å². The van der Waals surface area contributed by atoms with Crippen LogP contribution in [0.2, 0.25) is 0 Å². The van der Waals surface area contributed by atoms with Gasteiger partial charge in [0.2, 0.25) is 0 Å². The fraction of sp³-hybridized carbons (Fsp3) is 0.263. The van der Waals surface area contributed by atoms with Crippen molar-refractivity contribution in [2.24, 2.45) is 7.05 Å². The highest BCUT2D eigenvalue weighted by Gasteiger charge is 2.24. The van der Waals surface area contributed by atoms with Gasteiger partial charge in [-0.25, -0.2) is 0 Å². The normalized spacial score (nSPS) is 12.8. The summed E-state index contributed by atoms with van der Waals surface area (Å²) < 4.78 is 7.74. The number of carbonyl (C=O) groups is 1. The van der Waals surface area contributed by atoms with Gasteiger partial charge in [0.25, 0.3) is 5.91 Å². The molecule has 0 aliphatic heterocycles. The summed E-state index contributed by atoms with van der Waals surface area (Å²) in [6.45, 7) is 3.94. The van der Waals surface area contributed by atoms with Gasteiger partial charge in [-0.1, -0.05) is 18.2 Å². The molecule has 0 bridgehead atoms. The highest BCUT2D eigenvalue weighted by molar-refractivity contribution is 7.20. The van der Waals surface area contributed by atoms with Gasteiger partial charge < -0.3 is 9.32 Å². The first-order valence-electron chi connectivity index (χ1n) is 8.14. The molecule has 0 saturated heterocycles. The average Bonchev–Trinajstić information content (AvgIpc) is 3.28. The number of rotatable bonds is 3. The molecule has 0 N–H and O–H groups in total. The van der Waals surface area contributed by atoms with Crippen LogP contribution in [0.1, 0.15) is 34.1 Å². The SMILES string of the molecule is Cc1nn(C)c2sc(C(=O)N(C)C(C)c3cc4ccccc4o3)cc12. The van der Waals surface area contributed by atoms with Crippen LogP contribution in [-0.4, -0.2) is 27.6 Å². The number of furan rings is 1. The predicted octanol–water partition coefficient (Wildman–Crippen LogP) is 4.52. The van der Waals surface area contributed by atoms with Gasteiger partial charge in [-0.15, -0.1) is 11.3 Å². The summed E-state index contributed by atoms with van der Waals surface area (Å²) in [6, 6.07) is 11.7. The summed E-state index contributed by atoms with van der Waals surface area (Å²) >= 11 is 1.48. The number of carbonyl (C=O) groups excluding carboxylic acids is 1. The van der Waals surface area contributed by atoms with Crippen LogP contribution in [-0.2, 0) is 7.05 Å². The van der Waals surface area contributed by atoms with E-state index in [-0.39, 0.29) is 11.9 Å². The van der Waals surface area contributed by atoms with Gasteiger partial charge in [0.15, 0.2) is 0 Å². The lowest BCUT2D eigenvalue weighted by Crippen LogP contribution is -2.28. The van der Waals surface area contributed by atoms with Crippen molar-refractivity contribution in [3.05, 3.63) is 52.7 Å². The van der Waals surface area contributed by atoms with Gasteiger partial charge in [-0.3, -0.25) is 9.48 Å². The van der Waals surface area contributed by atoms with E-state index in [1.807, 2.05) is 69.0 Å². The molecule has 1 atom stereocenters. The molecule has 4 aromatic rings. The second-order valence-corrected chi connectivity index (χ2v) is 7.35. The summed E-state index contributed by atoms with van der Waals surface area (Å²) in [6.07, 6.45) is 0. The van der Waals surface area contributed by atoms with Crippen LogP contribution in [0.5, 0.6) is 0 Å². The first kappa shape index (κ1) is 15.9. The maximum atomic E-state index is 12.9. The Hall–Kier alpha value is -2.60. The second kappa shape index (κ2) is 5.74. The molecule has 1 amide bonds. The molecule has 0 aliphatic carbocycles. The van der Waals surface area contributed by atoms with E-state index in [0.717, 1.165) is 37.5 Å². The van der Waals surface area contributed by atoms with E-state index in [1.165, 1.54) is 11.3 Å². The van der Waals surface area contributed by atoms with E-state index in [1.54, 1.807) is 4.90 Å². The molecular formula is C19H19N3O2S. The molecule has 6 heteroatoms. The van der Waals surface area contributed by atoms with Crippen molar-refractivity contribution in [3.8, 4) is 0 Å². The van der Waals surface area contributed by atoms with Gasteiger partial charge in [0.1, 0.15) is 16.2 Å². The predicted molar refractivity (Wildman–Crippen MR) is 100 cm³/mol. The highest BCUT2D eigenvalue weighted by atomic mass is 32.1. The lowest BCUT2D eigenvalue weighted by molar-refractivity contribution is 0.0732. The smallest absolute Gasteiger partial charge is 0.264 e. The van der Waals surface area contributed by atoms with Crippen LogP contribution in [0.15, 0.2) is 40.8 Å². The molecule has 0 spiro atoms. The molecule has 1 aromatic carbocycles. The molecule has 0 radical (unpaired) electrons. The van der Waals surface area contributed by atoms with Crippen molar-refractivity contribution >= 4 is 38.4 Å². The Morgan fingerprint density at radius 3 is 2.80 bits per heavy atom. The maximum absolute atomic E-state index is 12.9. The first-order valence-corrected chi connectivity index (χ1v) is 8.96. The standard InChI is InChI=1S/C19H19N3O2S/c1-11-14-10-17(25-19(14)22(4)20-11)18(23)21(3)12(2)16-9-13-7-5-6-8-15(13)24-16/h5-10,12H,1-4H3. The Morgan fingerprint density at radius 2 is 2.08 bits per heavy atom. The number of hydrogen-bond donors (Lipinski definition) is 0. The lowest BCUT2D eigenvalue weighted by Gasteiger charge is -2.22. The van der Waals surface area contributed by atoms with Gasteiger partial charge in [-0.05, 0) is 32.0 Å². The zero-order valence-electron chi connectivity index (χ0n) is 14.6. The van der Waals surface area contributed by atoms with Crippen molar-refractivity contribution in [2.45, 2.75) is 19.9 Å². The summed E-state index contributed by atoms with van der Waals surface area (Å²) in [5.41, 5.74) is 1.79. The van der Waals surface area contributed by atoms with Crippen LogP contribution < -0.4 is 0 Å². The lowest BCUT2D eigenvalue weighted by atomic mass is 10.2. The van der Waals surface area contributed by atoms with E-state index in [0.29, 0.717) is 0 Å². The number of aromatic nitrogens is 2. The molecule has 4 rings (SSSR count). The maximum Gasteiger partial charge on any atom is 0.264 e. The Balaban J connectivity index is 1.64. The summed E-state index contributed by atoms with van der Waals surface area (Å²) in [5, 5.41) is 6.48. The van der Waals surface area contributed by atoms with Crippen LogP contribution in [0.3, 0.4) is 0 Å². The minimum Gasteiger partial charge on any atom is -0.459 e. The zero-order valence-corrected chi connectivity index (χ0v) is 15.4. The summed E-state index contributed by atoms with van der Waals surface area (Å²) in [4.78, 5) is 16.4. The first-order chi connectivity index (χ1) is 12.0. The number of nitrogens with zero attached hydrogens (tertiary/aromatic N) is 3. The van der Waals surface area contributed by atoms with Crippen LogP contribution >= 0.6 is 11.3 Å². The number of thiophene rings is 1. The molecule has 128 valence electrons. The average molecular weight is 353 g/mol. The molecule has 1 unspecified atom stereocenters. The molecule has 3 heterocycles. The molecule has 0 fully saturated rings. The minimum atomic E-state index is -0.149. The third kappa shape index (κ3) is 2.53. The van der Waals surface area contributed by atoms with E-state index >= 15 is 0 Å². The molecular weight excluding hydrogens is 334 g/mol. The van der Waals surface area contributed by atoms with Gasteiger partial charge in [-0.2, -0.15) is 5.10 Å². The van der Waals surface area contributed by atoms with Gasteiger partial charge in [0, 0.05) is 24.9 Å². The second-order valence-electron chi connectivity index (χ2n) is 6.32. The monoisotopic (exact) mass is 353 g/mol. The number of benzene rings is 1. The number of para-hydroxylation sites is 1. The Labute approximate surface area is 149 Å². The topological polar surface area (TPSA) is 51.3 Å². The number of aryl methyl sites for hydroxylation is 2. The Bertz CT molecular complexity index is 1020. The zero-order chi connectivity index (χ0) is 17.7. The molecule has 5 nitrogen and oxygen atoms in total. The van der Waals surface area contributed by atoms with Crippen LogP contribution in [0.25, 0.3) is 21.2 Å². The van der Waals surface area contributed by atoms with Gasteiger partial charge >= 0.3 is 0 Å². The van der Waals surface area contributed by atoms with Crippen molar-refractivity contribution in [1.29, 1.82) is 0 Å². The van der Waals surface area contributed by atoms with Crippen molar-refractivity contribution in [1.82, 2.24) is 14.7 Å². The third-order valence-corrected chi connectivity index (χ3v) is 5.85. The largest absolute Gasteiger partial charge is 0.459 e. The van der Waals surface area contributed by atoms with E-state index in [2.05, 4.69) is 5.10 Å². The fourth-order valence-corrected chi connectivity index (χ4v) is 4.17. The fourth-order valence-electron chi connectivity index (χ4n) is 3.06. The molecule has 0 saturated carbocycles. The Morgan fingerprint density at radius 1 is 1.32 bits per heavy atom. The highest BCUT2D eigenvalue weighted by Crippen LogP contribution is 2.31. The van der Waals surface area contributed by atoms with Crippen molar-refractivity contribution < 1.29 is 9.21 Å². The van der Waals surface area contributed by atoms with Crippen molar-refractivity contribution in [2.75, 3.05) is 7.05 Å². The number of fused-ring (bicyclic) bond motifs is 2. The van der Waals surface area contributed by atoms with Gasteiger partial charge in [0.05, 0.1) is 16.6 Å². The summed E-state index contributed by atoms with van der Waals surface area (Å²) in [5.74, 6) is 0.782. The van der Waals surface area contributed by atoms with E-state index in [9.17, 15) is 4.79 Å². The molecule has 25 heavy (non-hydrogen) atoms. The summed E-state index contributed by atoms with van der Waals surface area (Å²) in [7, 11) is 3.72. The van der Waals surface area contributed by atoms with Crippen LogP contribution in [0, 0.1) is 6.92 Å². The quantitative estimate of drug-likeness (QED) is 0.544. The van der Waals surface area contributed by atoms with Crippen LogP contribution in [0.4, 0.5) is 0 Å². The number of hydrogen-bond acceptors (Lipinski definition) is 4. The Kier molecular flexibility index (Phi) is 3.65. The molecule has 0 aliphatic rings. The molecule has 3 aromatic heterocycles.